The Labute approximate surface area is 213 Å². The van der Waals surface area contributed by atoms with Gasteiger partial charge >= 0.3 is 0 Å². The number of anilines is 2. The lowest BCUT2D eigenvalue weighted by molar-refractivity contribution is -0.113. The molecule has 1 aromatic heterocycles. The summed E-state index contributed by atoms with van der Waals surface area (Å²) in [7, 11) is 3.16. The van der Waals surface area contributed by atoms with Gasteiger partial charge < -0.3 is 20.1 Å². The molecule has 0 aliphatic carbocycles. The number of hydrogen-bond acceptors (Lipinski definition) is 6. The van der Waals surface area contributed by atoms with Crippen LogP contribution in [0.15, 0.2) is 84.1 Å². The Bertz CT molecular complexity index is 1450. The number of halogens is 1. The molecule has 1 aliphatic rings. The van der Waals surface area contributed by atoms with E-state index in [2.05, 4.69) is 10.6 Å². The minimum atomic E-state index is -0.571. The smallest absolute Gasteiger partial charge is 0.255 e. The van der Waals surface area contributed by atoms with Gasteiger partial charge in [0.1, 0.15) is 6.04 Å². The van der Waals surface area contributed by atoms with Gasteiger partial charge in [-0.3, -0.25) is 4.79 Å². The highest BCUT2D eigenvalue weighted by Crippen LogP contribution is 2.39. The van der Waals surface area contributed by atoms with Crippen molar-refractivity contribution in [2.45, 2.75) is 13.0 Å². The number of allylic oxidation sites excluding steroid dienone is 1. The second kappa shape index (κ2) is 9.75. The Hall–Kier alpha value is -4.30. The number of ether oxygens (including phenoxy) is 2. The van der Waals surface area contributed by atoms with E-state index < -0.39 is 6.04 Å². The number of nitrogens with one attached hydrogen (secondary N) is 2. The van der Waals surface area contributed by atoms with Crippen molar-refractivity contribution in [1.29, 1.82) is 0 Å². The number of carbonyl (C=O) groups excluding carboxylic acids is 1. The lowest BCUT2D eigenvalue weighted by Crippen LogP contribution is -2.31. The Morgan fingerprint density at radius 1 is 1.00 bits per heavy atom. The highest BCUT2D eigenvalue weighted by molar-refractivity contribution is 6.30. The van der Waals surface area contributed by atoms with Crippen molar-refractivity contribution in [3.63, 3.8) is 0 Å². The molecule has 0 fully saturated rings. The number of hydrogen-bond donors (Lipinski definition) is 2. The summed E-state index contributed by atoms with van der Waals surface area (Å²) in [4.78, 5) is 18.3. The van der Waals surface area contributed by atoms with Gasteiger partial charge in [0.15, 0.2) is 17.3 Å². The molecule has 0 bridgehead atoms. The van der Waals surface area contributed by atoms with Crippen molar-refractivity contribution < 1.29 is 14.3 Å². The van der Waals surface area contributed by atoms with Crippen LogP contribution >= 0.6 is 11.6 Å². The van der Waals surface area contributed by atoms with Crippen LogP contribution in [0.3, 0.4) is 0 Å². The molecule has 9 heteroatoms. The standard InChI is InChI=1S/C27H24ClN5O3/c1-16-23(26(34)30-20-7-5-4-6-8-20)24(18-11-14-21(35-2)22(15-18)36-3)33-27(29-16)31-25(32-33)17-9-12-19(28)13-10-17/h4-15,24H,1-3H3,(H,30,34)(H,29,31,32). The Kier molecular flexibility index (Phi) is 6.35. The average molecular weight is 502 g/mol. The van der Waals surface area contributed by atoms with E-state index in [-0.39, 0.29) is 5.91 Å². The van der Waals surface area contributed by atoms with Crippen LogP contribution in [-0.4, -0.2) is 34.9 Å². The molecule has 0 saturated carbocycles. The van der Waals surface area contributed by atoms with Gasteiger partial charge in [0.2, 0.25) is 5.95 Å². The summed E-state index contributed by atoms with van der Waals surface area (Å²) in [6, 6.07) is 21.6. The topological polar surface area (TPSA) is 90.3 Å². The fraction of sp³-hybridized carbons (Fsp3) is 0.148. The molecule has 4 aromatic rings. The molecule has 1 aliphatic heterocycles. The first-order valence-corrected chi connectivity index (χ1v) is 11.6. The SMILES string of the molecule is COc1ccc(C2C(C(=O)Nc3ccccc3)=C(C)Nc3nc(-c4ccc(Cl)cc4)nn32)cc1OC. The van der Waals surface area contributed by atoms with Crippen LogP contribution in [-0.2, 0) is 4.79 Å². The summed E-state index contributed by atoms with van der Waals surface area (Å²) < 4.78 is 12.7. The van der Waals surface area contributed by atoms with E-state index in [0.29, 0.717) is 45.3 Å². The first-order valence-electron chi connectivity index (χ1n) is 11.3. The quantitative estimate of drug-likeness (QED) is 0.360. The second-order valence-electron chi connectivity index (χ2n) is 8.21. The first-order chi connectivity index (χ1) is 17.5. The molecule has 0 radical (unpaired) electrons. The van der Waals surface area contributed by atoms with Crippen molar-refractivity contribution in [1.82, 2.24) is 14.8 Å². The molecule has 2 heterocycles. The highest BCUT2D eigenvalue weighted by Gasteiger charge is 2.35. The summed E-state index contributed by atoms with van der Waals surface area (Å²) in [5.74, 6) is 1.92. The monoisotopic (exact) mass is 501 g/mol. The first kappa shape index (κ1) is 23.4. The van der Waals surface area contributed by atoms with Crippen molar-refractivity contribution in [2.75, 3.05) is 24.9 Å². The van der Waals surface area contributed by atoms with Crippen LogP contribution in [0.1, 0.15) is 18.5 Å². The Balaban J connectivity index is 1.63. The maximum Gasteiger partial charge on any atom is 0.255 e. The van der Waals surface area contributed by atoms with E-state index >= 15 is 0 Å². The van der Waals surface area contributed by atoms with E-state index in [0.717, 1.165) is 11.1 Å². The van der Waals surface area contributed by atoms with Crippen LogP contribution in [0, 0.1) is 0 Å². The van der Waals surface area contributed by atoms with Crippen LogP contribution in [0.25, 0.3) is 11.4 Å². The van der Waals surface area contributed by atoms with Crippen molar-refractivity contribution >= 4 is 29.1 Å². The van der Waals surface area contributed by atoms with Gasteiger partial charge in [-0.1, -0.05) is 35.9 Å². The van der Waals surface area contributed by atoms with E-state index in [1.165, 1.54) is 0 Å². The predicted octanol–water partition coefficient (Wildman–Crippen LogP) is 5.54. The van der Waals surface area contributed by atoms with Gasteiger partial charge in [0.25, 0.3) is 5.91 Å². The van der Waals surface area contributed by atoms with Gasteiger partial charge in [-0.15, -0.1) is 5.10 Å². The van der Waals surface area contributed by atoms with Gasteiger partial charge in [-0.25, -0.2) is 4.68 Å². The zero-order valence-corrected chi connectivity index (χ0v) is 20.7. The lowest BCUT2D eigenvalue weighted by Gasteiger charge is -2.29. The van der Waals surface area contributed by atoms with Gasteiger partial charge in [0, 0.05) is 22.0 Å². The number of methoxy groups -OCH3 is 2. The molecule has 5 rings (SSSR count). The van der Waals surface area contributed by atoms with Crippen molar-refractivity contribution in [2.24, 2.45) is 0 Å². The highest BCUT2D eigenvalue weighted by atomic mass is 35.5. The molecule has 1 unspecified atom stereocenters. The molecule has 8 nitrogen and oxygen atoms in total. The third-order valence-electron chi connectivity index (χ3n) is 5.95. The number of aromatic nitrogens is 3. The van der Waals surface area contributed by atoms with E-state index in [1.54, 1.807) is 31.0 Å². The van der Waals surface area contributed by atoms with Crippen LogP contribution < -0.4 is 20.1 Å². The Morgan fingerprint density at radius 2 is 1.72 bits per heavy atom. The molecule has 2 N–H and O–H groups in total. The number of fused-ring (bicyclic) bond motifs is 1. The van der Waals surface area contributed by atoms with Gasteiger partial charge in [-0.2, -0.15) is 4.98 Å². The number of para-hydroxylation sites is 1. The lowest BCUT2D eigenvalue weighted by atomic mass is 9.94. The zero-order valence-electron chi connectivity index (χ0n) is 19.9. The molecule has 1 amide bonds. The van der Waals surface area contributed by atoms with Gasteiger partial charge in [0.05, 0.1) is 19.8 Å². The normalized spacial score (nSPS) is 14.6. The minimum Gasteiger partial charge on any atom is -0.493 e. The summed E-state index contributed by atoms with van der Waals surface area (Å²) in [6.45, 7) is 1.85. The maximum atomic E-state index is 13.6. The molecular formula is C27H24ClN5O3. The van der Waals surface area contributed by atoms with E-state index in [4.69, 9.17) is 31.2 Å². The van der Waals surface area contributed by atoms with E-state index in [9.17, 15) is 4.79 Å². The number of benzene rings is 3. The number of carbonyl (C=O) groups is 1. The van der Waals surface area contributed by atoms with Gasteiger partial charge in [-0.05, 0) is 61.0 Å². The molecular weight excluding hydrogens is 478 g/mol. The van der Waals surface area contributed by atoms with Crippen LogP contribution in [0.2, 0.25) is 5.02 Å². The molecule has 0 saturated heterocycles. The largest absolute Gasteiger partial charge is 0.493 e. The fourth-order valence-electron chi connectivity index (χ4n) is 4.22. The molecule has 182 valence electrons. The Morgan fingerprint density at radius 3 is 2.42 bits per heavy atom. The molecule has 36 heavy (non-hydrogen) atoms. The maximum absolute atomic E-state index is 13.6. The molecule has 1 atom stereocenters. The number of rotatable bonds is 6. The molecule has 3 aromatic carbocycles. The van der Waals surface area contributed by atoms with Crippen molar-refractivity contribution in [3.8, 4) is 22.9 Å². The number of nitrogens with zero attached hydrogens (tertiary/aromatic N) is 3. The third kappa shape index (κ3) is 4.38. The zero-order chi connectivity index (χ0) is 25.2. The summed E-state index contributed by atoms with van der Waals surface area (Å²) in [5.41, 5.74) is 3.47. The average Bonchev–Trinajstić information content (AvgIpc) is 3.31. The van der Waals surface area contributed by atoms with Crippen molar-refractivity contribution in [3.05, 3.63) is 94.7 Å². The second-order valence-corrected chi connectivity index (χ2v) is 8.65. The summed E-state index contributed by atoms with van der Waals surface area (Å²) in [6.07, 6.45) is 0. The minimum absolute atomic E-state index is 0.250. The van der Waals surface area contributed by atoms with E-state index in [1.807, 2.05) is 67.6 Å². The van der Waals surface area contributed by atoms with Crippen LogP contribution in [0.4, 0.5) is 11.6 Å². The summed E-state index contributed by atoms with van der Waals surface area (Å²) >= 11 is 6.06. The predicted molar refractivity (Wildman–Crippen MR) is 140 cm³/mol. The fourth-order valence-corrected chi connectivity index (χ4v) is 4.34. The van der Waals surface area contributed by atoms with Crippen LogP contribution in [0.5, 0.6) is 11.5 Å². The number of amides is 1. The molecule has 0 spiro atoms. The summed E-state index contributed by atoms with van der Waals surface area (Å²) in [5, 5.41) is 11.7. The third-order valence-corrected chi connectivity index (χ3v) is 6.21.